The fourth-order valence-corrected chi connectivity index (χ4v) is 2.35. The molecule has 0 aliphatic heterocycles. The van der Waals surface area contributed by atoms with Gasteiger partial charge >= 0.3 is 39.1 Å². The second kappa shape index (κ2) is 32.1. The molecule has 0 aliphatic carbocycles. The zero-order chi connectivity index (χ0) is 24.9. The topological polar surface area (TPSA) is 94.8 Å². The molecule has 0 saturated carbocycles. The first-order valence-electron chi connectivity index (χ1n) is 10.5. The third-order valence-electron chi connectivity index (χ3n) is 4.00. The molecule has 2 rings (SSSR count). The van der Waals surface area contributed by atoms with Gasteiger partial charge in [0.25, 0.3) is 0 Å². The fourth-order valence-electron chi connectivity index (χ4n) is 2.35. The van der Waals surface area contributed by atoms with Crippen molar-refractivity contribution in [3.63, 3.8) is 0 Å². The van der Waals surface area contributed by atoms with Gasteiger partial charge in [0, 0.05) is 19.8 Å². The molecule has 0 atom stereocenters. The summed E-state index contributed by atoms with van der Waals surface area (Å²) in [5.41, 5.74) is 2.25. The van der Waals surface area contributed by atoms with Crippen molar-refractivity contribution in [2.24, 2.45) is 0 Å². The molecule has 0 aromatic heterocycles. The number of aliphatic hydroxyl groups excluding tert-OH is 3. The predicted octanol–water partition coefficient (Wildman–Crippen LogP) is 4.97. The van der Waals surface area contributed by atoms with Gasteiger partial charge in [-0.05, 0) is 0 Å². The number of aliphatic hydroxyl groups is 3. The van der Waals surface area contributed by atoms with Crippen LogP contribution in [0.1, 0.15) is 75.0 Å². The molecule has 0 spiro atoms. The van der Waals surface area contributed by atoms with E-state index in [1.807, 2.05) is 12.1 Å². The van der Waals surface area contributed by atoms with Gasteiger partial charge in [0.2, 0.25) is 0 Å². The molecule has 0 saturated heterocycles. The summed E-state index contributed by atoms with van der Waals surface area (Å²) in [6.45, 7) is 6.10. The molecule has 0 aliphatic rings. The average Bonchev–Trinajstić information content (AvgIpc) is 2.89. The Labute approximate surface area is 210 Å². The summed E-state index contributed by atoms with van der Waals surface area (Å²) in [4.78, 5) is 0. The van der Waals surface area contributed by atoms with Gasteiger partial charge in [0.05, 0.1) is 0 Å². The Hall–Kier alpha value is -1.07. The van der Waals surface area contributed by atoms with Crippen LogP contribution >= 0.6 is 0 Å². The van der Waals surface area contributed by atoms with Crippen LogP contribution in [0.5, 0.6) is 0 Å². The summed E-state index contributed by atoms with van der Waals surface area (Å²) in [5, 5.41) is 25.8. The van der Waals surface area contributed by atoms with Crippen molar-refractivity contribution >= 4 is 0 Å². The molecular formula is C25H36Co2O5-4. The van der Waals surface area contributed by atoms with Gasteiger partial charge < -0.3 is 34.4 Å². The maximum atomic E-state index is 8.62. The van der Waals surface area contributed by atoms with E-state index in [4.69, 9.17) is 23.1 Å². The van der Waals surface area contributed by atoms with E-state index in [9.17, 15) is 0 Å². The zero-order valence-electron chi connectivity index (χ0n) is 18.8. The van der Waals surface area contributed by atoms with Gasteiger partial charge in [-0.1, -0.05) is 51.9 Å². The third-order valence-corrected chi connectivity index (χ3v) is 4.00. The Balaban J connectivity index is -0.000000366. The van der Waals surface area contributed by atoms with Crippen LogP contribution in [0.4, 0.5) is 0 Å². The van der Waals surface area contributed by atoms with Crippen molar-refractivity contribution in [2.45, 2.75) is 78.1 Å². The summed E-state index contributed by atoms with van der Waals surface area (Å²) in [6.07, 6.45) is 10.9. The van der Waals surface area contributed by atoms with Crippen LogP contribution in [-0.4, -0.2) is 15.3 Å². The number of rotatable bonds is 10. The van der Waals surface area contributed by atoms with Crippen LogP contribution in [0.2, 0.25) is 0 Å². The first-order valence-corrected chi connectivity index (χ1v) is 11.3. The van der Waals surface area contributed by atoms with Crippen LogP contribution in [0.15, 0.2) is 36.4 Å². The van der Waals surface area contributed by atoms with Gasteiger partial charge in [-0.25, -0.2) is 11.1 Å². The van der Waals surface area contributed by atoms with E-state index in [1.54, 1.807) is 24.3 Å². The van der Waals surface area contributed by atoms with Crippen molar-refractivity contribution in [1.29, 1.82) is 0 Å². The molecule has 2 aromatic rings. The Bertz CT molecular complexity index is 571. The number of unbranched alkanes of at least 4 members (excludes halogenated alkanes) is 7. The van der Waals surface area contributed by atoms with E-state index >= 15 is 0 Å². The molecule has 7 heteroatoms. The number of hydrogen-bond acceptors (Lipinski definition) is 5. The first kappa shape index (κ1) is 35.5. The summed E-state index contributed by atoms with van der Waals surface area (Å²) in [5.74, 6) is 0. The second-order valence-corrected chi connectivity index (χ2v) is 6.49. The van der Waals surface area contributed by atoms with Crippen molar-refractivity contribution in [1.82, 2.24) is 0 Å². The van der Waals surface area contributed by atoms with Gasteiger partial charge in [-0.2, -0.15) is 36.8 Å². The minimum atomic E-state index is -0.0513. The molecule has 0 fully saturated rings. The molecule has 0 bridgehead atoms. The summed E-state index contributed by atoms with van der Waals surface area (Å²) < 4.78 is 15.9. The van der Waals surface area contributed by atoms with Crippen LogP contribution in [0.3, 0.4) is 0 Å². The van der Waals surface area contributed by atoms with Gasteiger partial charge in [0.1, 0.15) is 0 Å². The maximum absolute atomic E-state index is 8.62. The Morgan fingerprint density at radius 3 is 1.59 bits per heavy atom. The molecule has 0 heterocycles. The normalized spacial score (nSPS) is 8.84. The Kier molecular flexibility index (Phi) is 35.6. The molecule has 0 unspecified atom stereocenters. The Morgan fingerprint density at radius 1 is 0.750 bits per heavy atom. The van der Waals surface area contributed by atoms with Crippen molar-refractivity contribution in [3.05, 3.63) is 78.2 Å². The van der Waals surface area contributed by atoms with Crippen LogP contribution in [0.25, 0.3) is 0 Å². The third kappa shape index (κ3) is 25.2. The number of benzene rings is 2. The molecule has 32 heavy (non-hydrogen) atoms. The molecule has 0 radical (unpaired) electrons. The SMILES string of the molecule is OCc1[c-]c(CO)c[c-]c1.OCc1cc[c-]cc1.[CH2-]CCCCCCCCC.[O]=[Co].[O]=[Co]. The molecule has 2 aromatic carbocycles. The monoisotopic (exact) mass is 534 g/mol. The van der Waals surface area contributed by atoms with Gasteiger partial charge in [0.15, 0.2) is 0 Å². The van der Waals surface area contributed by atoms with E-state index < -0.39 is 0 Å². The van der Waals surface area contributed by atoms with Gasteiger partial charge in [-0.15, -0.1) is 5.56 Å². The van der Waals surface area contributed by atoms with Crippen molar-refractivity contribution < 1.29 is 54.4 Å². The summed E-state index contributed by atoms with van der Waals surface area (Å²) in [7, 11) is 0. The molecular weight excluding hydrogens is 498 g/mol. The minimum absolute atomic E-state index is 0.0513. The Morgan fingerprint density at radius 2 is 1.22 bits per heavy atom. The van der Waals surface area contributed by atoms with Gasteiger partial charge in [-0.3, -0.25) is 12.1 Å². The van der Waals surface area contributed by atoms with E-state index in [1.165, 1.54) is 44.9 Å². The van der Waals surface area contributed by atoms with Crippen molar-refractivity contribution in [3.8, 4) is 0 Å². The second-order valence-electron chi connectivity index (χ2n) is 6.49. The van der Waals surface area contributed by atoms with Crippen LogP contribution in [-0.2, 0) is 58.9 Å². The molecule has 188 valence electrons. The fraction of sp³-hybridized carbons (Fsp3) is 0.480. The zero-order valence-corrected chi connectivity index (χ0v) is 20.9. The number of hydrogen-bond donors (Lipinski definition) is 3. The van der Waals surface area contributed by atoms with Crippen molar-refractivity contribution in [2.75, 3.05) is 0 Å². The molecule has 0 amide bonds. The summed E-state index contributed by atoms with van der Waals surface area (Å²) in [6, 6.07) is 19.0. The average molecular weight is 534 g/mol. The van der Waals surface area contributed by atoms with E-state index in [0.29, 0.717) is 11.1 Å². The van der Waals surface area contributed by atoms with E-state index in [2.05, 4.69) is 63.4 Å². The van der Waals surface area contributed by atoms with E-state index in [-0.39, 0.29) is 19.8 Å². The quantitative estimate of drug-likeness (QED) is 0.296. The van der Waals surface area contributed by atoms with E-state index in [0.717, 1.165) is 12.0 Å². The predicted molar refractivity (Wildman–Crippen MR) is 117 cm³/mol. The standard InChI is InChI=1S/C10H21.C8H8O2.C7H7O.2Co.2O/c1-3-5-7-9-10-8-6-4-2;9-5-7-2-1-3-8(4-7)6-10;8-6-7-4-2-1-3-5-7;;;;/h1,3-10H2,2H3;2-3,9-10H,5-6H2;2-5,8H,6H2;;;;/q-1;-2;-1;;;;. The summed E-state index contributed by atoms with van der Waals surface area (Å²) >= 11 is 4.62. The van der Waals surface area contributed by atoms with Crippen LogP contribution in [0, 0.1) is 25.1 Å². The van der Waals surface area contributed by atoms with Crippen LogP contribution < -0.4 is 0 Å². The first-order chi connectivity index (χ1) is 15.7. The molecule has 5 nitrogen and oxygen atoms in total. The molecule has 3 N–H and O–H groups in total.